The summed E-state index contributed by atoms with van der Waals surface area (Å²) in [4.78, 5) is 0.135. The summed E-state index contributed by atoms with van der Waals surface area (Å²) in [6.07, 6.45) is 0. The second-order valence-electron chi connectivity index (χ2n) is 5.30. The highest BCUT2D eigenvalue weighted by molar-refractivity contribution is 7.90. The van der Waals surface area contributed by atoms with Crippen molar-refractivity contribution in [1.82, 2.24) is 9.46 Å². The van der Waals surface area contributed by atoms with E-state index in [-0.39, 0.29) is 18.0 Å². The molecule has 2 rings (SSSR count). The van der Waals surface area contributed by atoms with Crippen molar-refractivity contribution in [2.24, 2.45) is 0 Å². The van der Waals surface area contributed by atoms with E-state index >= 15 is 0 Å². The first-order valence-electron chi connectivity index (χ1n) is 5.98. The van der Waals surface area contributed by atoms with Gasteiger partial charge in [0.2, 0.25) is 10.0 Å². The zero-order chi connectivity index (χ0) is 14.4. The van der Waals surface area contributed by atoms with E-state index in [1.54, 1.807) is 13.8 Å². The van der Waals surface area contributed by atoms with Crippen molar-refractivity contribution in [3.8, 4) is 0 Å². The Hall–Kier alpha value is -0.730. The first kappa shape index (κ1) is 14.7. The fourth-order valence-electron chi connectivity index (χ4n) is 2.21. The highest BCUT2D eigenvalue weighted by Gasteiger charge is 2.40. The Labute approximate surface area is 115 Å². The predicted octanol–water partition coefficient (Wildman–Crippen LogP) is 0.823. The number of nitrogens with zero attached hydrogens (tertiary/aromatic N) is 2. The van der Waals surface area contributed by atoms with Crippen LogP contribution in [0.3, 0.4) is 0 Å². The zero-order valence-corrected chi connectivity index (χ0v) is 13.1. The number of aryl methyl sites for hydroxylation is 2. The molecule has 0 bridgehead atoms. The van der Waals surface area contributed by atoms with Crippen molar-refractivity contribution in [2.75, 3.05) is 18.8 Å². The lowest BCUT2D eigenvalue weighted by molar-refractivity contribution is 0.374. The largest absolute Gasteiger partial charge is 0.360 e. The fraction of sp³-hybridized carbons (Fsp3) is 0.727. The minimum absolute atomic E-state index is 0.135. The van der Waals surface area contributed by atoms with E-state index in [2.05, 4.69) is 5.16 Å². The van der Waals surface area contributed by atoms with Gasteiger partial charge in [0, 0.05) is 29.6 Å². The van der Waals surface area contributed by atoms with Crippen LogP contribution in [0.15, 0.2) is 9.42 Å². The summed E-state index contributed by atoms with van der Waals surface area (Å²) in [7, 11) is -4.64. The van der Waals surface area contributed by atoms with E-state index in [0.717, 1.165) is 0 Å². The lowest BCUT2D eigenvalue weighted by Crippen LogP contribution is -2.52. The smallest absolute Gasteiger partial charge is 0.248 e. The van der Waals surface area contributed by atoms with Crippen LogP contribution in [-0.4, -0.2) is 45.7 Å². The summed E-state index contributed by atoms with van der Waals surface area (Å²) in [6, 6.07) is 0. The Kier molecular flexibility index (Phi) is 3.61. The second-order valence-corrected chi connectivity index (χ2v) is 9.38. The van der Waals surface area contributed by atoms with Crippen LogP contribution in [-0.2, 0) is 20.8 Å². The number of hydrogen-bond donors (Lipinski definition) is 0. The van der Waals surface area contributed by atoms with Crippen LogP contribution in [0.5, 0.6) is 0 Å². The van der Waals surface area contributed by atoms with E-state index in [4.69, 9.17) is 4.52 Å². The van der Waals surface area contributed by atoms with E-state index in [1.807, 2.05) is 13.8 Å². The van der Waals surface area contributed by atoms with Gasteiger partial charge in [0.1, 0.15) is 10.6 Å². The van der Waals surface area contributed by atoms with Gasteiger partial charge < -0.3 is 4.52 Å². The van der Waals surface area contributed by atoms with Gasteiger partial charge in [-0.1, -0.05) is 5.16 Å². The van der Waals surface area contributed by atoms with Gasteiger partial charge in [-0.15, -0.1) is 0 Å². The molecule has 8 heteroatoms. The van der Waals surface area contributed by atoms with Gasteiger partial charge in [-0.2, -0.15) is 4.31 Å². The SMILES string of the molecule is Cc1noc(C)c1S(=O)(=O)N1CCS(=O)C(C)(C)C1. The summed E-state index contributed by atoms with van der Waals surface area (Å²) >= 11 is 0. The van der Waals surface area contributed by atoms with E-state index in [1.165, 1.54) is 4.31 Å². The first-order valence-corrected chi connectivity index (χ1v) is 8.73. The third-order valence-corrected chi connectivity index (χ3v) is 7.27. The van der Waals surface area contributed by atoms with Crippen molar-refractivity contribution >= 4 is 20.8 Å². The Morgan fingerprint density at radius 3 is 2.47 bits per heavy atom. The molecule has 0 aliphatic carbocycles. The standard InChI is InChI=1S/C11H18N2O4S2/c1-8-10(9(2)17-12-8)19(15,16)13-5-6-18(14)11(3,4)7-13/h5-7H2,1-4H3. The number of sulfonamides is 1. The average molecular weight is 306 g/mol. The fourth-order valence-corrected chi connectivity index (χ4v) is 5.54. The molecule has 1 aliphatic rings. The normalized spacial score (nSPS) is 24.5. The molecule has 1 aromatic heterocycles. The molecule has 1 atom stereocenters. The van der Waals surface area contributed by atoms with Crippen LogP contribution >= 0.6 is 0 Å². The van der Waals surface area contributed by atoms with Crippen LogP contribution in [0.25, 0.3) is 0 Å². The molecule has 0 amide bonds. The number of aromatic nitrogens is 1. The molecular formula is C11H18N2O4S2. The van der Waals surface area contributed by atoms with Crippen molar-refractivity contribution in [2.45, 2.75) is 37.3 Å². The molecule has 1 fully saturated rings. The highest BCUT2D eigenvalue weighted by atomic mass is 32.2. The third-order valence-electron chi connectivity index (χ3n) is 3.27. The molecule has 6 nitrogen and oxygen atoms in total. The average Bonchev–Trinajstić information content (AvgIpc) is 2.62. The molecule has 0 saturated carbocycles. The third kappa shape index (κ3) is 2.48. The Morgan fingerprint density at radius 2 is 2.00 bits per heavy atom. The molecule has 0 radical (unpaired) electrons. The highest BCUT2D eigenvalue weighted by Crippen LogP contribution is 2.28. The van der Waals surface area contributed by atoms with Gasteiger partial charge in [-0.3, -0.25) is 4.21 Å². The molecule has 1 aromatic rings. The van der Waals surface area contributed by atoms with Crippen LogP contribution in [0.1, 0.15) is 25.3 Å². The summed E-state index contributed by atoms with van der Waals surface area (Å²) in [5, 5.41) is 3.69. The molecule has 1 aliphatic heterocycles. The quantitative estimate of drug-likeness (QED) is 0.808. The molecule has 0 N–H and O–H groups in total. The van der Waals surface area contributed by atoms with Gasteiger partial charge >= 0.3 is 0 Å². The maximum atomic E-state index is 12.6. The van der Waals surface area contributed by atoms with Crippen LogP contribution in [0.4, 0.5) is 0 Å². The van der Waals surface area contributed by atoms with Crippen molar-refractivity contribution in [3.63, 3.8) is 0 Å². The van der Waals surface area contributed by atoms with Crippen LogP contribution < -0.4 is 0 Å². The maximum Gasteiger partial charge on any atom is 0.248 e. The summed E-state index contributed by atoms with van der Waals surface area (Å²) in [6.45, 7) is 7.33. The van der Waals surface area contributed by atoms with Crippen LogP contribution in [0.2, 0.25) is 0 Å². The van der Waals surface area contributed by atoms with Gasteiger partial charge in [0.25, 0.3) is 0 Å². The lowest BCUT2D eigenvalue weighted by atomic mass is 10.2. The minimum atomic E-state index is -3.63. The summed E-state index contributed by atoms with van der Waals surface area (Å²) in [5.41, 5.74) is 0.363. The lowest BCUT2D eigenvalue weighted by Gasteiger charge is -2.36. The molecule has 1 unspecified atom stereocenters. The topological polar surface area (TPSA) is 80.5 Å². The van der Waals surface area contributed by atoms with Gasteiger partial charge in [-0.25, -0.2) is 8.42 Å². The van der Waals surface area contributed by atoms with Crippen LogP contribution in [0, 0.1) is 13.8 Å². The molecule has 1 saturated heterocycles. The van der Waals surface area contributed by atoms with Gasteiger partial charge in [0.15, 0.2) is 5.76 Å². The molecule has 0 spiro atoms. The van der Waals surface area contributed by atoms with Crippen molar-refractivity contribution in [3.05, 3.63) is 11.5 Å². The summed E-state index contributed by atoms with van der Waals surface area (Å²) in [5.74, 6) is 0.650. The summed E-state index contributed by atoms with van der Waals surface area (Å²) < 4.78 is 42.9. The Morgan fingerprint density at radius 1 is 1.37 bits per heavy atom. The Balaban J connectivity index is 2.39. The number of hydrogen-bond acceptors (Lipinski definition) is 5. The molecule has 0 aromatic carbocycles. The van der Waals surface area contributed by atoms with E-state index in [9.17, 15) is 12.6 Å². The molecule has 19 heavy (non-hydrogen) atoms. The van der Waals surface area contributed by atoms with Gasteiger partial charge in [-0.05, 0) is 27.7 Å². The molecule has 2 heterocycles. The zero-order valence-electron chi connectivity index (χ0n) is 11.5. The Bertz CT molecular complexity index is 599. The van der Waals surface area contributed by atoms with E-state index in [0.29, 0.717) is 17.2 Å². The molecular weight excluding hydrogens is 288 g/mol. The van der Waals surface area contributed by atoms with Crippen molar-refractivity contribution < 1.29 is 17.1 Å². The second kappa shape index (κ2) is 4.68. The monoisotopic (exact) mass is 306 g/mol. The maximum absolute atomic E-state index is 12.6. The first-order chi connectivity index (χ1) is 8.66. The molecule has 108 valence electrons. The van der Waals surface area contributed by atoms with E-state index < -0.39 is 25.6 Å². The van der Waals surface area contributed by atoms with Gasteiger partial charge in [0.05, 0.1) is 4.75 Å². The predicted molar refractivity (Wildman–Crippen MR) is 71.8 cm³/mol. The minimum Gasteiger partial charge on any atom is -0.360 e. The number of rotatable bonds is 2. The van der Waals surface area contributed by atoms with Crippen molar-refractivity contribution in [1.29, 1.82) is 0 Å².